The summed E-state index contributed by atoms with van der Waals surface area (Å²) < 4.78 is 0. The lowest BCUT2D eigenvalue weighted by Gasteiger charge is -2.13. The number of imide groups is 1. The van der Waals surface area contributed by atoms with E-state index in [-0.39, 0.29) is 49.3 Å². The monoisotopic (exact) mass is 416 g/mol. The van der Waals surface area contributed by atoms with Gasteiger partial charge in [0.15, 0.2) is 0 Å². The van der Waals surface area contributed by atoms with E-state index in [9.17, 15) is 19.2 Å². The van der Waals surface area contributed by atoms with Crippen molar-refractivity contribution in [3.8, 4) is 0 Å². The number of amides is 3. The molecule has 1 aliphatic heterocycles. The van der Waals surface area contributed by atoms with Crippen LogP contribution in [0, 0.1) is 0 Å². The van der Waals surface area contributed by atoms with Crippen molar-refractivity contribution in [2.45, 2.75) is 44.9 Å². The van der Waals surface area contributed by atoms with Gasteiger partial charge in [-0.1, -0.05) is 6.07 Å². The summed E-state index contributed by atoms with van der Waals surface area (Å²) in [6, 6.07) is 3.65. The van der Waals surface area contributed by atoms with Crippen LogP contribution in [0.4, 0.5) is 5.00 Å². The zero-order valence-electron chi connectivity index (χ0n) is 15.3. The highest BCUT2D eigenvalue weighted by Gasteiger charge is 2.30. The predicted molar refractivity (Wildman–Crippen MR) is 108 cm³/mol. The SMILES string of the molecule is O=C(CCN1C(=O)CCC1=O)Nc1sc2c(c1C(=O)c1cccs1)CCCC2. The Bertz CT molecular complexity index is 930. The molecule has 0 bridgehead atoms. The Morgan fingerprint density at radius 2 is 1.82 bits per heavy atom. The molecule has 0 spiro atoms. The largest absolute Gasteiger partial charge is 0.317 e. The molecule has 2 aliphatic rings. The number of nitrogens with one attached hydrogen (secondary N) is 1. The standard InChI is InChI=1S/C20H20N2O4S2/c23-15(9-10-22-16(24)7-8-17(22)25)21-20-18(19(26)14-6-3-11-27-14)12-4-1-2-5-13(12)28-20/h3,6,11H,1-2,4-5,7-10H2,(H,21,23). The van der Waals surface area contributed by atoms with E-state index in [0.717, 1.165) is 36.1 Å². The molecular weight excluding hydrogens is 396 g/mol. The molecule has 3 amide bonds. The fraction of sp³-hybridized carbons (Fsp3) is 0.400. The van der Waals surface area contributed by atoms with Gasteiger partial charge in [-0.15, -0.1) is 22.7 Å². The van der Waals surface area contributed by atoms with Gasteiger partial charge >= 0.3 is 0 Å². The predicted octanol–water partition coefficient (Wildman–Crippen LogP) is 3.40. The lowest BCUT2D eigenvalue weighted by Crippen LogP contribution is -2.32. The number of aryl methyl sites for hydroxylation is 1. The quantitative estimate of drug-likeness (QED) is 0.578. The van der Waals surface area contributed by atoms with Gasteiger partial charge in [0.25, 0.3) is 0 Å². The van der Waals surface area contributed by atoms with E-state index in [2.05, 4.69) is 5.32 Å². The van der Waals surface area contributed by atoms with Gasteiger partial charge < -0.3 is 5.32 Å². The molecule has 28 heavy (non-hydrogen) atoms. The van der Waals surface area contributed by atoms with Gasteiger partial charge in [-0.3, -0.25) is 24.1 Å². The molecule has 6 nitrogen and oxygen atoms in total. The molecular formula is C20H20N2O4S2. The molecule has 1 aliphatic carbocycles. The van der Waals surface area contributed by atoms with Crippen LogP contribution in [-0.2, 0) is 27.2 Å². The summed E-state index contributed by atoms with van der Waals surface area (Å²) in [5, 5.41) is 5.34. The van der Waals surface area contributed by atoms with Crippen molar-refractivity contribution in [1.82, 2.24) is 4.90 Å². The third-order valence-corrected chi connectivity index (χ3v) is 7.19. The number of thiophene rings is 2. The Kier molecular flexibility index (Phi) is 5.41. The maximum absolute atomic E-state index is 13.1. The second kappa shape index (κ2) is 7.97. The Hall–Kier alpha value is -2.32. The van der Waals surface area contributed by atoms with E-state index in [0.29, 0.717) is 15.4 Å². The number of likely N-dealkylation sites (tertiary alicyclic amines) is 1. The van der Waals surface area contributed by atoms with Gasteiger partial charge in [0.2, 0.25) is 23.5 Å². The third kappa shape index (κ3) is 3.66. The fourth-order valence-electron chi connectivity index (χ4n) is 3.70. The van der Waals surface area contributed by atoms with E-state index in [1.807, 2.05) is 11.4 Å². The summed E-state index contributed by atoms with van der Waals surface area (Å²) >= 11 is 2.88. The van der Waals surface area contributed by atoms with Crippen LogP contribution in [-0.4, -0.2) is 34.9 Å². The maximum atomic E-state index is 13.1. The second-order valence-electron chi connectivity index (χ2n) is 6.96. The van der Waals surface area contributed by atoms with E-state index >= 15 is 0 Å². The van der Waals surface area contributed by atoms with E-state index in [4.69, 9.17) is 0 Å². The molecule has 0 unspecified atom stereocenters. The number of carbonyl (C=O) groups is 4. The Labute approximate surface area is 170 Å². The summed E-state index contributed by atoms with van der Waals surface area (Å²) in [4.78, 5) is 51.9. The zero-order valence-corrected chi connectivity index (χ0v) is 16.9. The van der Waals surface area contributed by atoms with Crippen molar-refractivity contribution in [3.63, 3.8) is 0 Å². The second-order valence-corrected chi connectivity index (χ2v) is 9.01. The number of rotatable bonds is 6. The van der Waals surface area contributed by atoms with Gasteiger partial charge in [0.05, 0.1) is 10.4 Å². The lowest BCUT2D eigenvalue weighted by atomic mass is 9.93. The third-order valence-electron chi connectivity index (χ3n) is 5.11. The van der Waals surface area contributed by atoms with Crippen molar-refractivity contribution in [3.05, 3.63) is 38.4 Å². The fourth-order valence-corrected chi connectivity index (χ4v) is 5.67. The molecule has 1 fully saturated rings. The molecule has 0 atom stereocenters. The molecule has 8 heteroatoms. The normalized spacial score (nSPS) is 16.4. The minimum atomic E-state index is -0.286. The van der Waals surface area contributed by atoms with Crippen LogP contribution in [0.15, 0.2) is 17.5 Å². The highest BCUT2D eigenvalue weighted by Crippen LogP contribution is 2.39. The minimum Gasteiger partial charge on any atom is -0.317 e. The van der Waals surface area contributed by atoms with Crippen LogP contribution < -0.4 is 5.32 Å². The van der Waals surface area contributed by atoms with Gasteiger partial charge in [0.1, 0.15) is 5.00 Å². The van der Waals surface area contributed by atoms with Crippen LogP contribution >= 0.6 is 22.7 Å². The van der Waals surface area contributed by atoms with Crippen molar-refractivity contribution in [2.75, 3.05) is 11.9 Å². The molecule has 0 aromatic carbocycles. The summed E-state index contributed by atoms with van der Waals surface area (Å²) in [7, 11) is 0. The molecule has 0 radical (unpaired) electrons. The van der Waals surface area contributed by atoms with Gasteiger partial charge in [-0.2, -0.15) is 0 Å². The number of nitrogens with zero attached hydrogens (tertiary/aromatic N) is 1. The number of fused-ring (bicyclic) bond motifs is 1. The van der Waals surface area contributed by atoms with Crippen LogP contribution in [0.25, 0.3) is 0 Å². The number of anilines is 1. The van der Waals surface area contributed by atoms with E-state index in [1.165, 1.54) is 27.6 Å². The number of ketones is 1. The number of hydrogen-bond acceptors (Lipinski definition) is 6. The van der Waals surface area contributed by atoms with Crippen molar-refractivity contribution in [2.24, 2.45) is 0 Å². The van der Waals surface area contributed by atoms with Gasteiger partial charge in [0, 0.05) is 30.7 Å². The van der Waals surface area contributed by atoms with Crippen LogP contribution in [0.1, 0.15) is 57.8 Å². The van der Waals surface area contributed by atoms with Crippen LogP contribution in [0.5, 0.6) is 0 Å². The first-order valence-electron chi connectivity index (χ1n) is 9.40. The molecule has 2 aromatic rings. The number of hydrogen-bond donors (Lipinski definition) is 1. The zero-order chi connectivity index (χ0) is 19.7. The molecule has 4 rings (SSSR count). The Morgan fingerprint density at radius 1 is 1.07 bits per heavy atom. The molecule has 0 saturated carbocycles. The van der Waals surface area contributed by atoms with Crippen molar-refractivity contribution >= 4 is 51.2 Å². The molecule has 146 valence electrons. The summed E-state index contributed by atoms with van der Waals surface area (Å²) in [6.07, 6.45) is 4.39. The molecule has 1 N–H and O–H groups in total. The summed E-state index contributed by atoms with van der Waals surface area (Å²) in [6.45, 7) is 0.0861. The topological polar surface area (TPSA) is 83.6 Å². The molecule has 2 aromatic heterocycles. The summed E-state index contributed by atoms with van der Waals surface area (Å²) in [5.41, 5.74) is 1.68. The minimum absolute atomic E-state index is 0.0344. The van der Waals surface area contributed by atoms with Gasteiger partial charge in [-0.05, 0) is 42.7 Å². The van der Waals surface area contributed by atoms with E-state index in [1.54, 1.807) is 6.07 Å². The Balaban J connectivity index is 1.53. The highest BCUT2D eigenvalue weighted by molar-refractivity contribution is 7.17. The van der Waals surface area contributed by atoms with Crippen LogP contribution in [0.3, 0.4) is 0 Å². The summed E-state index contributed by atoms with van der Waals surface area (Å²) in [5.74, 6) is -0.781. The first kappa shape index (κ1) is 19.0. The average molecular weight is 417 g/mol. The maximum Gasteiger partial charge on any atom is 0.229 e. The van der Waals surface area contributed by atoms with Gasteiger partial charge in [-0.25, -0.2) is 0 Å². The average Bonchev–Trinajstić information content (AvgIpc) is 3.39. The lowest BCUT2D eigenvalue weighted by molar-refractivity contribution is -0.138. The highest BCUT2D eigenvalue weighted by atomic mass is 32.1. The first-order chi connectivity index (χ1) is 13.5. The Morgan fingerprint density at radius 3 is 2.54 bits per heavy atom. The molecule has 1 saturated heterocycles. The van der Waals surface area contributed by atoms with Crippen LogP contribution in [0.2, 0.25) is 0 Å². The van der Waals surface area contributed by atoms with Crippen molar-refractivity contribution < 1.29 is 19.2 Å². The van der Waals surface area contributed by atoms with Crippen molar-refractivity contribution in [1.29, 1.82) is 0 Å². The first-order valence-corrected chi connectivity index (χ1v) is 11.1. The molecule has 3 heterocycles. The van der Waals surface area contributed by atoms with E-state index < -0.39 is 0 Å². The smallest absolute Gasteiger partial charge is 0.229 e. The number of carbonyl (C=O) groups excluding carboxylic acids is 4.